The van der Waals surface area contributed by atoms with Crippen molar-refractivity contribution in [3.8, 4) is 0 Å². The zero-order valence-electron chi connectivity index (χ0n) is 16.6. The zero-order valence-corrected chi connectivity index (χ0v) is 17.4. The van der Waals surface area contributed by atoms with Crippen LogP contribution in [0.1, 0.15) is 85.5 Å². The third-order valence-electron chi connectivity index (χ3n) is 5.27. The lowest BCUT2D eigenvalue weighted by Crippen LogP contribution is -2.25. The van der Waals surface area contributed by atoms with Gasteiger partial charge in [-0.15, -0.1) is 10.2 Å². The number of amides is 1. The average molecular weight is 402 g/mol. The summed E-state index contributed by atoms with van der Waals surface area (Å²) in [6, 6.07) is 5.89. The van der Waals surface area contributed by atoms with Crippen molar-refractivity contribution in [3.63, 3.8) is 0 Å². The maximum Gasteiger partial charge on any atom is 0.308 e. The molecule has 28 heavy (non-hydrogen) atoms. The molecule has 0 atom stereocenters. The van der Waals surface area contributed by atoms with Crippen molar-refractivity contribution in [3.05, 3.63) is 52.2 Å². The summed E-state index contributed by atoms with van der Waals surface area (Å²) in [5.41, 5.74) is 3.47. The van der Waals surface area contributed by atoms with Crippen LogP contribution < -0.4 is 5.32 Å². The van der Waals surface area contributed by atoms with Gasteiger partial charge in [0.25, 0.3) is 0 Å². The maximum absolute atomic E-state index is 12.4. The molecule has 6 heteroatoms. The van der Waals surface area contributed by atoms with Gasteiger partial charge in [0.2, 0.25) is 5.89 Å². The Balaban J connectivity index is 1.58. The topological polar surface area (TPSA) is 68.0 Å². The molecule has 1 aliphatic rings. The van der Waals surface area contributed by atoms with Crippen molar-refractivity contribution in [2.45, 2.75) is 64.7 Å². The highest BCUT2D eigenvalue weighted by Crippen LogP contribution is 2.31. The molecule has 1 heterocycles. The van der Waals surface area contributed by atoms with E-state index in [0.717, 1.165) is 24.8 Å². The smallest absolute Gasteiger partial charge is 0.308 e. The number of aryl methyl sites for hydroxylation is 1. The number of carbonyl (C=O) groups is 1. The van der Waals surface area contributed by atoms with Gasteiger partial charge in [-0.05, 0) is 61.4 Å². The van der Waals surface area contributed by atoms with Crippen molar-refractivity contribution in [1.82, 2.24) is 15.5 Å². The molecule has 0 saturated heterocycles. The molecular weight excluding hydrogens is 374 g/mol. The van der Waals surface area contributed by atoms with Gasteiger partial charge in [-0.1, -0.05) is 49.9 Å². The number of carbonyl (C=O) groups excluding carboxylic acids is 1. The third kappa shape index (κ3) is 5.22. The second kappa shape index (κ2) is 9.87. The molecule has 3 rings (SSSR count). The van der Waals surface area contributed by atoms with Gasteiger partial charge in [-0.25, -0.2) is 0 Å². The van der Waals surface area contributed by atoms with E-state index in [-0.39, 0.29) is 11.8 Å². The Hall–Kier alpha value is -2.14. The van der Waals surface area contributed by atoms with Gasteiger partial charge in [0, 0.05) is 17.5 Å². The summed E-state index contributed by atoms with van der Waals surface area (Å²) in [6.07, 6.45) is 9.57. The lowest BCUT2D eigenvalue weighted by atomic mass is 9.89. The molecule has 1 amide bonds. The van der Waals surface area contributed by atoms with E-state index in [1.54, 1.807) is 0 Å². The van der Waals surface area contributed by atoms with Gasteiger partial charge in [-0.3, -0.25) is 4.79 Å². The van der Waals surface area contributed by atoms with Crippen LogP contribution in [0.4, 0.5) is 0 Å². The second-order valence-corrected chi connectivity index (χ2v) is 7.82. The highest BCUT2D eigenvalue weighted by atomic mass is 35.5. The number of rotatable bonds is 7. The Labute approximate surface area is 171 Å². The van der Waals surface area contributed by atoms with Gasteiger partial charge in [-0.2, -0.15) is 0 Å². The van der Waals surface area contributed by atoms with Gasteiger partial charge in [0.05, 0.1) is 0 Å². The van der Waals surface area contributed by atoms with Gasteiger partial charge < -0.3 is 9.73 Å². The summed E-state index contributed by atoms with van der Waals surface area (Å²) in [7, 11) is 0. The number of hydrogen-bond acceptors (Lipinski definition) is 4. The molecule has 1 aromatic heterocycles. The number of benzene rings is 1. The van der Waals surface area contributed by atoms with E-state index in [2.05, 4.69) is 35.4 Å². The van der Waals surface area contributed by atoms with Crippen LogP contribution in [-0.4, -0.2) is 22.6 Å². The molecule has 2 aromatic rings. The molecule has 0 radical (unpaired) electrons. The van der Waals surface area contributed by atoms with Crippen molar-refractivity contribution >= 4 is 23.1 Å². The van der Waals surface area contributed by atoms with Crippen molar-refractivity contribution in [2.75, 3.05) is 6.54 Å². The zero-order chi connectivity index (χ0) is 19.9. The first kappa shape index (κ1) is 20.6. The molecule has 1 fully saturated rings. The first-order valence-corrected chi connectivity index (χ1v) is 10.5. The predicted octanol–water partition coefficient (Wildman–Crippen LogP) is 5.69. The molecular formula is C22H28ClN3O2. The fourth-order valence-corrected chi connectivity index (χ4v) is 3.93. The predicted molar refractivity (Wildman–Crippen MR) is 112 cm³/mol. The monoisotopic (exact) mass is 401 g/mol. The van der Waals surface area contributed by atoms with Crippen LogP contribution in [0.2, 0.25) is 5.02 Å². The molecule has 0 unspecified atom stereocenters. The van der Waals surface area contributed by atoms with Crippen LogP contribution in [0.25, 0.3) is 5.57 Å². The molecule has 0 spiro atoms. The molecule has 0 bridgehead atoms. The normalized spacial score (nSPS) is 15.6. The van der Waals surface area contributed by atoms with E-state index in [9.17, 15) is 4.79 Å². The van der Waals surface area contributed by atoms with Crippen LogP contribution in [0.3, 0.4) is 0 Å². The van der Waals surface area contributed by atoms with E-state index in [1.807, 2.05) is 18.2 Å². The average Bonchev–Trinajstić information content (AvgIpc) is 3.20. The lowest BCUT2D eigenvalue weighted by Gasteiger charge is -2.17. The fraction of sp³-hybridized carbons (Fsp3) is 0.500. The molecule has 1 aliphatic carbocycles. The second-order valence-electron chi connectivity index (χ2n) is 7.38. The van der Waals surface area contributed by atoms with Crippen molar-refractivity contribution < 1.29 is 9.21 Å². The third-order valence-corrected chi connectivity index (χ3v) is 5.50. The minimum atomic E-state index is -0.312. The SMILES string of the molecule is CC/C=C(/CCNC(=O)c1nnc(C2CCCCC2)o1)c1cc(Cl)ccc1C. The van der Waals surface area contributed by atoms with Gasteiger partial charge >= 0.3 is 11.8 Å². The summed E-state index contributed by atoms with van der Waals surface area (Å²) in [5.74, 6) is 0.646. The fourth-order valence-electron chi connectivity index (χ4n) is 3.76. The summed E-state index contributed by atoms with van der Waals surface area (Å²) in [5, 5.41) is 11.7. The minimum Gasteiger partial charge on any atom is -0.417 e. The summed E-state index contributed by atoms with van der Waals surface area (Å²) in [6.45, 7) is 4.67. The van der Waals surface area contributed by atoms with E-state index in [1.165, 1.54) is 30.4 Å². The Morgan fingerprint density at radius 2 is 2.07 bits per heavy atom. The summed E-state index contributed by atoms with van der Waals surface area (Å²) < 4.78 is 5.64. The first-order chi connectivity index (χ1) is 13.6. The van der Waals surface area contributed by atoms with Gasteiger partial charge in [0.1, 0.15) is 0 Å². The van der Waals surface area contributed by atoms with Crippen molar-refractivity contribution in [2.24, 2.45) is 0 Å². The number of hydrogen-bond donors (Lipinski definition) is 1. The number of halogens is 1. The Bertz CT molecular complexity index is 838. The van der Waals surface area contributed by atoms with Crippen LogP contribution >= 0.6 is 11.6 Å². The van der Waals surface area contributed by atoms with E-state index in [4.69, 9.17) is 16.0 Å². The van der Waals surface area contributed by atoms with Crippen molar-refractivity contribution in [1.29, 1.82) is 0 Å². The first-order valence-electron chi connectivity index (χ1n) is 10.2. The largest absolute Gasteiger partial charge is 0.417 e. The molecule has 5 nitrogen and oxygen atoms in total. The quantitative estimate of drug-likeness (QED) is 0.646. The Morgan fingerprint density at radius 1 is 1.29 bits per heavy atom. The number of allylic oxidation sites excluding steroid dienone is 1. The van der Waals surface area contributed by atoms with Crippen LogP contribution in [0.5, 0.6) is 0 Å². The molecule has 0 aliphatic heterocycles. The molecule has 1 saturated carbocycles. The molecule has 150 valence electrons. The number of nitrogens with one attached hydrogen (secondary N) is 1. The highest BCUT2D eigenvalue weighted by Gasteiger charge is 2.23. The van der Waals surface area contributed by atoms with E-state index < -0.39 is 0 Å². The lowest BCUT2D eigenvalue weighted by molar-refractivity contribution is 0.0917. The summed E-state index contributed by atoms with van der Waals surface area (Å²) >= 11 is 6.17. The Kier molecular flexibility index (Phi) is 7.26. The highest BCUT2D eigenvalue weighted by molar-refractivity contribution is 6.30. The van der Waals surface area contributed by atoms with E-state index >= 15 is 0 Å². The molecule has 1 N–H and O–H groups in total. The van der Waals surface area contributed by atoms with Gasteiger partial charge in [0.15, 0.2) is 0 Å². The maximum atomic E-state index is 12.4. The van der Waals surface area contributed by atoms with Crippen LogP contribution in [0, 0.1) is 6.92 Å². The van der Waals surface area contributed by atoms with Crippen LogP contribution in [0.15, 0.2) is 28.7 Å². The van der Waals surface area contributed by atoms with Crippen LogP contribution in [-0.2, 0) is 0 Å². The number of aromatic nitrogens is 2. The number of nitrogens with zero attached hydrogens (tertiary/aromatic N) is 2. The van der Waals surface area contributed by atoms with E-state index in [0.29, 0.717) is 29.8 Å². The standard InChI is InChI=1S/C22H28ClN3O2/c1-3-7-16(19-14-18(23)11-10-15(19)2)12-13-24-20(27)22-26-25-21(28-22)17-8-5-4-6-9-17/h7,10-11,14,17H,3-6,8-9,12-13H2,1-2H3,(H,24,27)/b16-7-. The summed E-state index contributed by atoms with van der Waals surface area (Å²) in [4.78, 5) is 12.4. The minimum absolute atomic E-state index is 0.0560. The Morgan fingerprint density at radius 3 is 2.82 bits per heavy atom. The molecule has 1 aromatic carbocycles.